The van der Waals surface area contributed by atoms with Gasteiger partial charge in [-0.3, -0.25) is 4.98 Å². The lowest BCUT2D eigenvalue weighted by Crippen LogP contribution is -1.95. The Labute approximate surface area is 104 Å². The summed E-state index contributed by atoms with van der Waals surface area (Å²) in [4.78, 5) is 8.70. The number of aromatic nitrogens is 2. The first-order valence-electron chi connectivity index (χ1n) is 4.83. The zero-order valence-corrected chi connectivity index (χ0v) is 10.5. The van der Waals surface area contributed by atoms with E-state index in [2.05, 4.69) is 9.97 Å². The second-order valence-corrected chi connectivity index (χ2v) is 4.41. The summed E-state index contributed by atoms with van der Waals surface area (Å²) in [7, 11) is 0. The molecule has 2 aromatic rings. The van der Waals surface area contributed by atoms with Crippen LogP contribution in [0.1, 0.15) is 11.4 Å². The minimum atomic E-state index is 0.632. The molecule has 1 aromatic heterocycles. The fraction of sp³-hybridized carbons (Fsp3) is 0.167. The quantitative estimate of drug-likeness (QED) is 0.765. The first-order valence-corrected chi connectivity index (χ1v) is 5.59. The molecule has 4 heteroatoms. The second kappa shape index (κ2) is 4.40. The second-order valence-electron chi connectivity index (χ2n) is 3.57. The topological polar surface area (TPSA) is 25.8 Å². The van der Waals surface area contributed by atoms with Gasteiger partial charge in [0.25, 0.3) is 0 Å². The van der Waals surface area contributed by atoms with Crippen molar-refractivity contribution in [2.24, 2.45) is 0 Å². The van der Waals surface area contributed by atoms with Gasteiger partial charge in [0.05, 0.1) is 22.1 Å². The van der Waals surface area contributed by atoms with Gasteiger partial charge in [-0.1, -0.05) is 23.2 Å². The highest BCUT2D eigenvalue weighted by molar-refractivity contribution is 6.35. The number of nitrogens with zero attached hydrogens (tertiary/aromatic N) is 2. The molecule has 0 N–H and O–H groups in total. The van der Waals surface area contributed by atoms with Gasteiger partial charge in [0.15, 0.2) is 0 Å². The molecular weight excluding hydrogens is 243 g/mol. The fourth-order valence-electron chi connectivity index (χ4n) is 1.47. The summed E-state index contributed by atoms with van der Waals surface area (Å²) in [5.74, 6) is 0. The van der Waals surface area contributed by atoms with Gasteiger partial charge >= 0.3 is 0 Å². The molecule has 0 atom stereocenters. The molecule has 0 spiro atoms. The highest BCUT2D eigenvalue weighted by atomic mass is 35.5. The third kappa shape index (κ3) is 2.18. The van der Waals surface area contributed by atoms with E-state index in [0.29, 0.717) is 10.0 Å². The molecule has 0 unspecified atom stereocenters. The maximum Gasteiger partial charge on any atom is 0.0933 e. The maximum absolute atomic E-state index is 6.13. The monoisotopic (exact) mass is 252 g/mol. The third-order valence-electron chi connectivity index (χ3n) is 2.26. The third-order valence-corrected chi connectivity index (χ3v) is 2.82. The van der Waals surface area contributed by atoms with Gasteiger partial charge in [-0.25, -0.2) is 4.98 Å². The van der Waals surface area contributed by atoms with E-state index in [4.69, 9.17) is 23.2 Å². The normalized spacial score (nSPS) is 10.5. The van der Waals surface area contributed by atoms with Gasteiger partial charge in [0.1, 0.15) is 0 Å². The Hall–Kier alpha value is -1.12. The molecule has 0 bridgehead atoms. The van der Waals surface area contributed by atoms with Crippen molar-refractivity contribution in [2.75, 3.05) is 0 Å². The molecule has 0 fully saturated rings. The van der Waals surface area contributed by atoms with E-state index in [9.17, 15) is 0 Å². The molecule has 1 heterocycles. The smallest absolute Gasteiger partial charge is 0.0933 e. The zero-order chi connectivity index (χ0) is 11.7. The lowest BCUT2D eigenvalue weighted by atomic mass is 10.1. The van der Waals surface area contributed by atoms with Crippen molar-refractivity contribution in [3.05, 3.63) is 45.8 Å². The van der Waals surface area contributed by atoms with E-state index in [0.717, 1.165) is 22.6 Å². The average Bonchev–Trinajstić information content (AvgIpc) is 2.25. The molecule has 16 heavy (non-hydrogen) atoms. The predicted molar refractivity (Wildman–Crippen MR) is 67.0 cm³/mol. The largest absolute Gasteiger partial charge is 0.257 e. The number of halogens is 2. The highest BCUT2D eigenvalue weighted by Gasteiger charge is 2.09. The minimum Gasteiger partial charge on any atom is -0.257 e. The van der Waals surface area contributed by atoms with Crippen molar-refractivity contribution in [1.29, 1.82) is 0 Å². The van der Waals surface area contributed by atoms with Crippen LogP contribution >= 0.6 is 23.2 Å². The van der Waals surface area contributed by atoms with Crippen molar-refractivity contribution >= 4 is 23.2 Å². The van der Waals surface area contributed by atoms with Crippen LogP contribution < -0.4 is 0 Å². The molecule has 0 aliphatic carbocycles. The standard InChI is InChI=1S/C12H10Cl2N2/c1-7-6-15-8(2)12(16-7)10-5-9(13)3-4-11(10)14/h3-6H,1-2H3. The number of hydrogen-bond acceptors (Lipinski definition) is 2. The molecule has 0 radical (unpaired) electrons. The van der Waals surface area contributed by atoms with Gasteiger partial charge < -0.3 is 0 Å². The summed E-state index contributed by atoms with van der Waals surface area (Å²) in [5.41, 5.74) is 3.31. The van der Waals surface area contributed by atoms with Gasteiger partial charge in [-0.15, -0.1) is 0 Å². The van der Waals surface area contributed by atoms with Gasteiger partial charge in [0.2, 0.25) is 0 Å². The molecule has 0 aliphatic heterocycles. The summed E-state index contributed by atoms with van der Waals surface area (Å²) in [5, 5.41) is 1.27. The van der Waals surface area contributed by atoms with Crippen LogP contribution in [0, 0.1) is 13.8 Å². The zero-order valence-electron chi connectivity index (χ0n) is 8.96. The number of rotatable bonds is 1. The predicted octanol–water partition coefficient (Wildman–Crippen LogP) is 4.07. The summed E-state index contributed by atoms with van der Waals surface area (Å²) >= 11 is 12.1. The van der Waals surface area contributed by atoms with Crippen LogP contribution in [0.2, 0.25) is 10.0 Å². The maximum atomic E-state index is 6.13. The first kappa shape index (κ1) is 11.4. The Bertz CT molecular complexity index is 489. The lowest BCUT2D eigenvalue weighted by Gasteiger charge is -2.07. The molecule has 1 aromatic carbocycles. The molecule has 2 rings (SSSR count). The molecule has 0 aliphatic rings. The first-order chi connectivity index (χ1) is 7.58. The Kier molecular flexibility index (Phi) is 3.13. The van der Waals surface area contributed by atoms with E-state index >= 15 is 0 Å². The van der Waals surface area contributed by atoms with E-state index in [-0.39, 0.29) is 0 Å². The van der Waals surface area contributed by atoms with Crippen LogP contribution in [0.25, 0.3) is 11.3 Å². The Morgan fingerprint density at radius 2 is 1.88 bits per heavy atom. The fourth-order valence-corrected chi connectivity index (χ4v) is 1.85. The van der Waals surface area contributed by atoms with Gasteiger partial charge in [-0.05, 0) is 32.0 Å². The molecule has 0 saturated heterocycles. The van der Waals surface area contributed by atoms with Crippen molar-refractivity contribution < 1.29 is 0 Å². The van der Waals surface area contributed by atoms with Crippen LogP contribution in [-0.4, -0.2) is 9.97 Å². The van der Waals surface area contributed by atoms with E-state index in [1.165, 1.54) is 0 Å². The van der Waals surface area contributed by atoms with Crippen LogP contribution in [0.5, 0.6) is 0 Å². The summed E-state index contributed by atoms with van der Waals surface area (Å²) < 4.78 is 0. The van der Waals surface area contributed by atoms with E-state index < -0.39 is 0 Å². The van der Waals surface area contributed by atoms with E-state index in [1.54, 1.807) is 24.4 Å². The van der Waals surface area contributed by atoms with Crippen LogP contribution in [0.4, 0.5) is 0 Å². The minimum absolute atomic E-state index is 0.632. The molecular formula is C12H10Cl2N2. The van der Waals surface area contributed by atoms with Crippen molar-refractivity contribution in [3.8, 4) is 11.3 Å². The van der Waals surface area contributed by atoms with Crippen LogP contribution in [-0.2, 0) is 0 Å². The molecule has 82 valence electrons. The molecule has 0 amide bonds. The summed E-state index contributed by atoms with van der Waals surface area (Å²) in [6.07, 6.45) is 1.73. The van der Waals surface area contributed by atoms with Crippen LogP contribution in [0.3, 0.4) is 0 Å². The SMILES string of the molecule is Cc1cnc(C)c(-c2cc(Cl)ccc2Cl)n1. The van der Waals surface area contributed by atoms with Gasteiger partial charge in [-0.2, -0.15) is 0 Å². The molecule has 0 saturated carbocycles. The summed E-state index contributed by atoms with van der Waals surface area (Å²) in [6.45, 7) is 3.80. The Morgan fingerprint density at radius 3 is 2.62 bits per heavy atom. The van der Waals surface area contributed by atoms with Crippen molar-refractivity contribution in [1.82, 2.24) is 9.97 Å². The highest BCUT2D eigenvalue weighted by Crippen LogP contribution is 2.30. The van der Waals surface area contributed by atoms with Crippen molar-refractivity contribution in [3.63, 3.8) is 0 Å². The number of benzene rings is 1. The lowest BCUT2D eigenvalue weighted by molar-refractivity contribution is 1.07. The van der Waals surface area contributed by atoms with E-state index in [1.807, 2.05) is 13.8 Å². The van der Waals surface area contributed by atoms with Crippen LogP contribution in [0.15, 0.2) is 24.4 Å². The average molecular weight is 253 g/mol. The Balaban J connectivity index is 2.66. The number of hydrogen-bond donors (Lipinski definition) is 0. The Morgan fingerprint density at radius 1 is 1.12 bits per heavy atom. The molecule has 2 nitrogen and oxygen atoms in total. The van der Waals surface area contributed by atoms with Crippen molar-refractivity contribution in [2.45, 2.75) is 13.8 Å². The van der Waals surface area contributed by atoms with Gasteiger partial charge in [0, 0.05) is 16.8 Å². The number of aryl methyl sites for hydroxylation is 2. The summed E-state index contributed by atoms with van der Waals surface area (Å²) in [6, 6.07) is 5.33.